The first-order valence-corrected chi connectivity index (χ1v) is 19.5. The van der Waals surface area contributed by atoms with Crippen molar-refractivity contribution in [2.75, 3.05) is 20.3 Å². The molecule has 1 aromatic heterocycles. The molecular weight excluding hydrogens is 705 g/mol. The third-order valence-electron chi connectivity index (χ3n) is 10.7. The van der Waals surface area contributed by atoms with Crippen LogP contribution in [0, 0.1) is 6.92 Å². The zero-order chi connectivity index (χ0) is 37.2. The van der Waals surface area contributed by atoms with E-state index in [0.717, 1.165) is 47.2 Å². The van der Waals surface area contributed by atoms with E-state index >= 15 is 0 Å². The van der Waals surface area contributed by atoms with Crippen molar-refractivity contribution in [2.45, 2.75) is 69.0 Å². The number of nitrogens with one attached hydrogen (secondary N) is 1. The van der Waals surface area contributed by atoms with Crippen LogP contribution in [0.5, 0.6) is 5.75 Å². The predicted molar refractivity (Wildman–Crippen MR) is 204 cm³/mol. The second kappa shape index (κ2) is 15.7. The monoisotopic (exact) mass is 749 g/mol. The van der Waals surface area contributed by atoms with E-state index in [9.17, 15) is 14.7 Å². The highest BCUT2D eigenvalue weighted by atomic mass is 31.2. The van der Waals surface area contributed by atoms with Gasteiger partial charge in [0.2, 0.25) is 0 Å². The normalized spacial score (nSPS) is 25.0. The number of benzene rings is 4. The number of aliphatic hydroxyl groups excluding tert-OH is 1. The van der Waals surface area contributed by atoms with Gasteiger partial charge < -0.3 is 28.4 Å². The summed E-state index contributed by atoms with van der Waals surface area (Å²) >= 11 is 0. The van der Waals surface area contributed by atoms with E-state index in [1.165, 1.54) is 4.57 Å². The van der Waals surface area contributed by atoms with Crippen molar-refractivity contribution in [2.24, 2.45) is 0 Å². The van der Waals surface area contributed by atoms with Crippen LogP contribution in [-0.4, -0.2) is 57.8 Å². The first-order chi connectivity index (χ1) is 26.4. The quantitative estimate of drug-likeness (QED) is 0.109. The van der Waals surface area contributed by atoms with Gasteiger partial charge in [0, 0.05) is 30.8 Å². The Morgan fingerprint density at radius 2 is 1.57 bits per heavy atom. The number of H-pyrrole nitrogens is 1. The molecule has 8 rings (SSSR count). The van der Waals surface area contributed by atoms with E-state index in [-0.39, 0.29) is 25.4 Å². The maximum atomic E-state index is 13.2. The summed E-state index contributed by atoms with van der Waals surface area (Å²) in [6.07, 6.45) is 1.97. The highest BCUT2D eigenvalue weighted by molar-refractivity contribution is 7.45. The fourth-order valence-electron chi connectivity index (χ4n) is 7.88. The molecule has 2 N–H and O–H groups in total. The molecule has 4 aromatic carbocycles. The van der Waals surface area contributed by atoms with Crippen molar-refractivity contribution in [1.82, 2.24) is 14.2 Å². The van der Waals surface area contributed by atoms with E-state index in [0.29, 0.717) is 17.7 Å². The van der Waals surface area contributed by atoms with Gasteiger partial charge in [-0.25, -0.2) is 9.46 Å². The van der Waals surface area contributed by atoms with Gasteiger partial charge in [-0.15, -0.1) is 0 Å². The molecule has 1 unspecified atom stereocenters. The van der Waals surface area contributed by atoms with Crippen molar-refractivity contribution in [3.63, 3.8) is 0 Å². The number of aryl methyl sites for hydroxylation is 1. The predicted octanol–water partition coefficient (Wildman–Crippen LogP) is 6.49. The highest BCUT2D eigenvalue weighted by Gasteiger charge is 2.51. The molecule has 0 radical (unpaired) electrons. The molecule has 0 bridgehead atoms. The van der Waals surface area contributed by atoms with Crippen LogP contribution in [0.3, 0.4) is 0 Å². The van der Waals surface area contributed by atoms with Crippen molar-refractivity contribution in [3.05, 3.63) is 170 Å². The van der Waals surface area contributed by atoms with Crippen LogP contribution < -0.4 is 16.0 Å². The summed E-state index contributed by atoms with van der Waals surface area (Å²) in [5.41, 5.74) is 2.80. The molecule has 5 aromatic rings. The molecule has 3 aliphatic heterocycles. The fraction of sp³-hybridized carbons (Fsp3) is 0.333. The Kier molecular flexibility index (Phi) is 10.6. The number of aliphatic hydroxyl groups is 1. The number of aromatic amines is 1. The van der Waals surface area contributed by atoms with Crippen molar-refractivity contribution in [1.29, 1.82) is 0 Å². The molecule has 0 amide bonds. The van der Waals surface area contributed by atoms with Gasteiger partial charge in [0.1, 0.15) is 29.8 Å². The number of ether oxygens (including phenoxy) is 3. The topological polar surface area (TPSA) is 124 Å². The summed E-state index contributed by atoms with van der Waals surface area (Å²) in [4.78, 5) is 27.9. The van der Waals surface area contributed by atoms with E-state index in [1.54, 1.807) is 20.2 Å². The van der Waals surface area contributed by atoms with Crippen molar-refractivity contribution < 1.29 is 28.4 Å². The summed E-state index contributed by atoms with van der Waals surface area (Å²) in [5.74, 6) is 0.710. The van der Waals surface area contributed by atoms with Crippen molar-refractivity contribution >= 4 is 8.53 Å². The van der Waals surface area contributed by atoms with Crippen LogP contribution in [0.4, 0.5) is 0 Å². The molecule has 0 saturated carbocycles. The maximum absolute atomic E-state index is 13.2. The molecule has 3 aliphatic rings. The van der Waals surface area contributed by atoms with Crippen LogP contribution in [0.1, 0.15) is 65.0 Å². The van der Waals surface area contributed by atoms with Gasteiger partial charge in [0.25, 0.3) is 14.1 Å². The molecule has 0 aliphatic carbocycles. The summed E-state index contributed by atoms with van der Waals surface area (Å²) in [7, 11) is 0.174. The number of aromatic nitrogens is 2. The maximum Gasteiger partial charge on any atom is 0.330 e. The van der Waals surface area contributed by atoms with Crippen LogP contribution in [-0.2, 0) is 30.7 Å². The molecule has 54 heavy (non-hydrogen) atoms. The molecule has 7 atom stereocenters. The van der Waals surface area contributed by atoms with Crippen LogP contribution in [0.25, 0.3) is 0 Å². The molecule has 280 valence electrons. The number of rotatable bonds is 12. The lowest BCUT2D eigenvalue weighted by Gasteiger charge is -2.37. The van der Waals surface area contributed by atoms with Gasteiger partial charge in [-0.2, -0.15) is 0 Å². The van der Waals surface area contributed by atoms with Gasteiger partial charge in [-0.05, 0) is 59.7 Å². The largest absolute Gasteiger partial charge is 0.497 e. The first kappa shape index (κ1) is 36.5. The Hall–Kier alpha value is -4.45. The lowest BCUT2D eigenvalue weighted by molar-refractivity contribution is -0.0920. The van der Waals surface area contributed by atoms with Gasteiger partial charge in [0.15, 0.2) is 0 Å². The van der Waals surface area contributed by atoms with E-state index in [2.05, 4.69) is 21.8 Å². The average molecular weight is 750 g/mol. The lowest BCUT2D eigenvalue weighted by Crippen LogP contribution is -2.38. The third kappa shape index (κ3) is 6.97. The lowest BCUT2D eigenvalue weighted by atomic mass is 9.79. The Labute approximate surface area is 315 Å². The minimum Gasteiger partial charge on any atom is -0.497 e. The van der Waals surface area contributed by atoms with E-state index < -0.39 is 43.8 Å². The summed E-state index contributed by atoms with van der Waals surface area (Å²) < 4.78 is 37.0. The van der Waals surface area contributed by atoms with Gasteiger partial charge in [0.05, 0.1) is 26.4 Å². The van der Waals surface area contributed by atoms with E-state index in [4.69, 9.17) is 23.3 Å². The van der Waals surface area contributed by atoms with Crippen LogP contribution >= 0.6 is 8.53 Å². The Bertz CT molecular complexity index is 2100. The van der Waals surface area contributed by atoms with Crippen LogP contribution in [0.15, 0.2) is 125 Å². The highest BCUT2D eigenvalue weighted by Crippen LogP contribution is 2.61. The molecule has 0 spiro atoms. The SMILES string of the molecule is COc1ccc(C(OC[C@H]2O[C@@H](n3cc(C)c(=O)[nH]c3=O)C[C@H]2O[P@]2O[C@H](c3ccccc3)[C@@H]3CCCN32)(c2ccccc2)c2ccc(CO)cc2)cc1. The molecular formula is C42H44N3O8P. The van der Waals surface area contributed by atoms with Crippen molar-refractivity contribution in [3.8, 4) is 5.75 Å². The molecule has 4 heterocycles. The molecule has 12 heteroatoms. The standard InChI is InChI=1S/C42H44N3O8P/c1-28-25-44(41(48)43-40(28)47)38-24-36(52-54-45-23-9-14-35(45)39(53-54)30-10-5-3-6-11-30)37(51-38)27-50-42(31-12-7-4-8-13-31,32-17-15-29(26-46)16-18-32)33-19-21-34(49-2)22-20-33/h3-8,10-13,15-22,25,35-39,46H,9,14,23-24,26-27H2,1-2H3,(H,43,47,48)/t35-,36+,37+,38+,39+,42?,54+/m0/s1. The minimum absolute atomic E-state index is 0.0790. The number of fused-ring (bicyclic) bond motifs is 1. The summed E-state index contributed by atoms with van der Waals surface area (Å²) in [6, 6.07) is 36.0. The average Bonchev–Trinajstić information content (AvgIpc) is 3.95. The van der Waals surface area contributed by atoms with Crippen LogP contribution in [0.2, 0.25) is 0 Å². The molecule has 3 fully saturated rings. The molecule has 3 saturated heterocycles. The minimum atomic E-state index is -1.46. The van der Waals surface area contributed by atoms with Gasteiger partial charge in [-0.3, -0.25) is 14.3 Å². The fourth-order valence-corrected chi connectivity index (χ4v) is 9.86. The van der Waals surface area contributed by atoms with Gasteiger partial charge >= 0.3 is 5.69 Å². The second-order valence-electron chi connectivity index (χ2n) is 14.0. The summed E-state index contributed by atoms with van der Waals surface area (Å²) in [5, 5.41) is 9.89. The summed E-state index contributed by atoms with van der Waals surface area (Å²) in [6.45, 7) is 2.52. The Morgan fingerprint density at radius 3 is 2.26 bits per heavy atom. The number of nitrogens with zero attached hydrogens (tertiary/aromatic N) is 2. The smallest absolute Gasteiger partial charge is 0.330 e. The van der Waals surface area contributed by atoms with E-state index in [1.807, 2.05) is 97.1 Å². The zero-order valence-corrected chi connectivity index (χ0v) is 31.1. The Balaban J connectivity index is 1.17. The number of methoxy groups -OCH3 is 1. The zero-order valence-electron chi connectivity index (χ0n) is 30.2. The molecule has 11 nitrogen and oxygen atoms in total. The number of hydrogen-bond acceptors (Lipinski definition) is 9. The Morgan fingerprint density at radius 1 is 0.907 bits per heavy atom. The first-order valence-electron chi connectivity index (χ1n) is 18.3. The third-order valence-corrected chi connectivity index (χ3v) is 12.5. The van der Waals surface area contributed by atoms with Gasteiger partial charge in [-0.1, -0.05) is 97.1 Å². The second-order valence-corrected chi connectivity index (χ2v) is 15.4. The number of hydrogen-bond donors (Lipinski definition) is 2.